The van der Waals surface area contributed by atoms with Crippen LogP contribution in [0.1, 0.15) is 38.3 Å². The first-order valence-corrected chi connectivity index (χ1v) is 8.30. The van der Waals surface area contributed by atoms with Gasteiger partial charge in [-0.15, -0.1) is 11.8 Å². The zero-order valence-corrected chi connectivity index (χ0v) is 12.8. The highest BCUT2D eigenvalue weighted by atomic mass is 32.2. The Hall–Kier alpha value is -0.0800. The minimum absolute atomic E-state index is 0.745. The first-order valence-electron chi connectivity index (χ1n) is 5.96. The molecule has 0 saturated heterocycles. The average Bonchev–Trinajstić information content (AvgIpc) is 2.35. The standard InChI is InChI=1S/C12H18S2.C2H6/c1-4-12(13-3)14-9-11-8-6-5-7-10(11)2;1-2/h5-8,12H,4,9H2,1-3H3;1-2H3. The second-order valence-electron chi connectivity index (χ2n) is 3.31. The van der Waals surface area contributed by atoms with Gasteiger partial charge in [-0.1, -0.05) is 45.0 Å². The predicted molar refractivity (Wildman–Crippen MR) is 81.4 cm³/mol. The maximum Gasteiger partial charge on any atom is 0.0500 e. The van der Waals surface area contributed by atoms with Crippen LogP contribution in [0, 0.1) is 6.92 Å². The maximum absolute atomic E-state index is 2.26. The third-order valence-electron chi connectivity index (χ3n) is 2.28. The summed E-state index contributed by atoms with van der Waals surface area (Å²) in [6, 6.07) is 8.66. The normalized spacial score (nSPS) is 11.6. The first-order chi connectivity index (χ1) is 7.77. The first kappa shape index (κ1) is 15.9. The fourth-order valence-corrected chi connectivity index (χ4v) is 3.31. The minimum atomic E-state index is 0.745. The number of rotatable bonds is 5. The zero-order valence-electron chi connectivity index (χ0n) is 11.1. The Morgan fingerprint density at radius 1 is 1.19 bits per heavy atom. The largest absolute Gasteiger partial charge is 0.151 e. The quantitative estimate of drug-likeness (QED) is 0.651. The van der Waals surface area contributed by atoms with E-state index in [1.165, 1.54) is 17.5 Å². The molecule has 1 aromatic carbocycles. The average molecular weight is 256 g/mol. The van der Waals surface area contributed by atoms with Gasteiger partial charge in [-0.2, -0.15) is 11.8 Å². The van der Waals surface area contributed by atoms with E-state index >= 15 is 0 Å². The SMILES string of the molecule is CC.CCC(SC)SCc1ccccc1C. The van der Waals surface area contributed by atoms with E-state index in [-0.39, 0.29) is 0 Å². The van der Waals surface area contributed by atoms with Crippen LogP contribution >= 0.6 is 23.5 Å². The van der Waals surface area contributed by atoms with E-state index in [1.807, 2.05) is 25.6 Å². The zero-order chi connectivity index (χ0) is 12.4. The van der Waals surface area contributed by atoms with Crippen molar-refractivity contribution in [2.75, 3.05) is 6.26 Å². The van der Waals surface area contributed by atoms with Crippen LogP contribution in [-0.2, 0) is 5.75 Å². The summed E-state index contributed by atoms with van der Waals surface area (Å²) >= 11 is 4.01. The smallest absolute Gasteiger partial charge is 0.0500 e. The molecule has 0 N–H and O–H groups in total. The molecule has 92 valence electrons. The summed E-state index contributed by atoms with van der Waals surface area (Å²) in [6.45, 7) is 8.45. The molecule has 0 amide bonds. The Labute approximate surface area is 110 Å². The highest BCUT2D eigenvalue weighted by molar-refractivity contribution is 8.16. The van der Waals surface area contributed by atoms with Crippen LogP contribution in [0.5, 0.6) is 0 Å². The number of benzene rings is 1. The van der Waals surface area contributed by atoms with Gasteiger partial charge in [0.2, 0.25) is 0 Å². The molecule has 16 heavy (non-hydrogen) atoms. The molecule has 1 rings (SSSR count). The summed E-state index contributed by atoms with van der Waals surface area (Å²) in [5, 5.41) is 0. The topological polar surface area (TPSA) is 0 Å². The van der Waals surface area contributed by atoms with Gasteiger partial charge in [-0.3, -0.25) is 0 Å². The van der Waals surface area contributed by atoms with Gasteiger partial charge in [-0.25, -0.2) is 0 Å². The van der Waals surface area contributed by atoms with Crippen LogP contribution in [0.3, 0.4) is 0 Å². The second kappa shape index (κ2) is 10.1. The van der Waals surface area contributed by atoms with E-state index < -0.39 is 0 Å². The van der Waals surface area contributed by atoms with Crippen LogP contribution in [-0.4, -0.2) is 10.8 Å². The van der Waals surface area contributed by atoms with Gasteiger partial charge in [0.15, 0.2) is 0 Å². The van der Waals surface area contributed by atoms with Crippen molar-refractivity contribution in [3.8, 4) is 0 Å². The van der Waals surface area contributed by atoms with E-state index in [0.717, 1.165) is 10.3 Å². The summed E-state index contributed by atoms with van der Waals surface area (Å²) < 4.78 is 0.745. The van der Waals surface area contributed by atoms with E-state index in [4.69, 9.17) is 0 Å². The lowest BCUT2D eigenvalue weighted by Gasteiger charge is -2.12. The summed E-state index contributed by atoms with van der Waals surface area (Å²) in [4.78, 5) is 0. The van der Waals surface area contributed by atoms with Gasteiger partial charge >= 0.3 is 0 Å². The van der Waals surface area contributed by atoms with Crippen molar-refractivity contribution < 1.29 is 0 Å². The van der Waals surface area contributed by atoms with Gasteiger partial charge in [0.05, 0.1) is 0 Å². The summed E-state index contributed by atoms with van der Waals surface area (Å²) in [6.07, 6.45) is 3.44. The Morgan fingerprint density at radius 2 is 1.81 bits per heavy atom. The molecule has 2 heteroatoms. The van der Waals surface area contributed by atoms with Crippen LogP contribution in [0.25, 0.3) is 0 Å². The maximum atomic E-state index is 2.26. The van der Waals surface area contributed by atoms with Gasteiger partial charge in [-0.05, 0) is 30.7 Å². The number of hydrogen-bond donors (Lipinski definition) is 0. The van der Waals surface area contributed by atoms with Crippen LogP contribution in [0.15, 0.2) is 24.3 Å². The molecule has 0 bridgehead atoms. The molecular weight excluding hydrogens is 232 g/mol. The van der Waals surface area contributed by atoms with Crippen LogP contribution < -0.4 is 0 Å². The molecule has 1 unspecified atom stereocenters. The Balaban J connectivity index is 0.00000106. The molecular formula is C14H24S2. The van der Waals surface area contributed by atoms with Crippen molar-refractivity contribution in [2.24, 2.45) is 0 Å². The Kier molecular flexibility index (Phi) is 10.0. The minimum Gasteiger partial charge on any atom is -0.151 e. The summed E-state index contributed by atoms with van der Waals surface area (Å²) in [5.74, 6) is 1.14. The molecule has 0 fully saturated rings. The third kappa shape index (κ3) is 5.86. The fraction of sp³-hybridized carbons (Fsp3) is 0.571. The number of aryl methyl sites for hydroxylation is 1. The van der Waals surface area contributed by atoms with Crippen LogP contribution in [0.2, 0.25) is 0 Å². The third-order valence-corrected chi connectivity index (χ3v) is 5.31. The van der Waals surface area contributed by atoms with Crippen molar-refractivity contribution in [1.82, 2.24) is 0 Å². The Morgan fingerprint density at radius 3 is 2.31 bits per heavy atom. The van der Waals surface area contributed by atoms with E-state index in [2.05, 4.69) is 56.1 Å². The molecule has 0 aliphatic carbocycles. The molecule has 0 aliphatic heterocycles. The predicted octanol–water partition coefficient (Wildman–Crippen LogP) is 5.35. The van der Waals surface area contributed by atoms with Crippen LogP contribution in [0.4, 0.5) is 0 Å². The van der Waals surface area contributed by atoms with E-state index in [0.29, 0.717) is 0 Å². The van der Waals surface area contributed by atoms with E-state index in [1.54, 1.807) is 0 Å². The van der Waals surface area contributed by atoms with Gasteiger partial charge in [0.1, 0.15) is 0 Å². The molecule has 0 radical (unpaired) electrons. The highest BCUT2D eigenvalue weighted by Gasteiger charge is 2.05. The monoisotopic (exact) mass is 256 g/mol. The number of hydrogen-bond acceptors (Lipinski definition) is 2. The Bertz CT molecular complexity index is 267. The van der Waals surface area contributed by atoms with E-state index in [9.17, 15) is 0 Å². The molecule has 0 saturated carbocycles. The molecule has 1 aromatic rings. The van der Waals surface area contributed by atoms with Crippen molar-refractivity contribution in [2.45, 2.75) is 44.5 Å². The van der Waals surface area contributed by atoms with Gasteiger partial charge < -0.3 is 0 Å². The second-order valence-corrected chi connectivity index (χ2v) is 5.84. The fourth-order valence-electron chi connectivity index (χ4n) is 1.31. The lowest BCUT2D eigenvalue weighted by Crippen LogP contribution is -1.95. The molecule has 0 heterocycles. The summed E-state index contributed by atoms with van der Waals surface area (Å²) in [7, 11) is 0. The lowest BCUT2D eigenvalue weighted by atomic mass is 10.1. The molecule has 1 atom stereocenters. The molecule has 0 aromatic heterocycles. The van der Waals surface area contributed by atoms with Gasteiger partial charge in [0.25, 0.3) is 0 Å². The molecule has 0 spiro atoms. The number of thioether (sulfide) groups is 2. The van der Waals surface area contributed by atoms with Crippen molar-refractivity contribution >= 4 is 23.5 Å². The molecule has 0 aliphatic rings. The van der Waals surface area contributed by atoms with Gasteiger partial charge in [0, 0.05) is 10.3 Å². The highest BCUT2D eigenvalue weighted by Crippen LogP contribution is 2.28. The summed E-state index contributed by atoms with van der Waals surface area (Å²) in [5.41, 5.74) is 2.89. The van der Waals surface area contributed by atoms with Crippen molar-refractivity contribution in [1.29, 1.82) is 0 Å². The van der Waals surface area contributed by atoms with Crippen molar-refractivity contribution in [3.05, 3.63) is 35.4 Å². The van der Waals surface area contributed by atoms with Crippen molar-refractivity contribution in [3.63, 3.8) is 0 Å². The molecule has 0 nitrogen and oxygen atoms in total. The lowest BCUT2D eigenvalue weighted by molar-refractivity contribution is 1.06.